The minimum Gasteiger partial charge on any atom is -0.361 e. The van der Waals surface area contributed by atoms with E-state index in [-0.39, 0.29) is 5.82 Å². The minimum atomic E-state index is -0.269. The molecule has 8 aromatic heterocycles. The Kier molecular flexibility index (Phi) is 12.7. The molecule has 3 saturated carbocycles. The molecule has 0 saturated heterocycles. The van der Waals surface area contributed by atoms with Crippen LogP contribution in [0.4, 0.5) is 4.39 Å². The van der Waals surface area contributed by atoms with E-state index in [1.54, 1.807) is 18.3 Å². The van der Waals surface area contributed by atoms with Gasteiger partial charge in [0.05, 0.1) is 73.5 Å². The van der Waals surface area contributed by atoms with Gasteiger partial charge in [-0.15, -0.1) is 0 Å². The van der Waals surface area contributed by atoms with Crippen molar-refractivity contribution in [1.29, 1.82) is 0 Å². The summed E-state index contributed by atoms with van der Waals surface area (Å²) >= 11 is 0. The first kappa shape index (κ1) is 53.7. The normalized spacial score (nSPS) is 14.7. The van der Waals surface area contributed by atoms with Crippen LogP contribution in [-0.2, 0) is 0 Å². The standard InChI is InChI=1S/C24H20FN5O.C24H21N5O.C23H20N4O/c1-12-21(13(2)31-30-12)16-9-18(23-20(10-16)27-24(28-23)15-3-4-15)19-11-26-29-22(19)14-5-7-17(25)8-6-14;1-12-17-6-4-5-7-18(17)22(28-27-12)19-10-16(21-13(2)29-30-14(21)3)11-20-23(19)26-24(25-20)15-8-9-15;1-13-21(14(2)28-26-13)17-11-18-22(25-23(24-18)16-7-8-16)20(12-17)27-10-9-15-5-3-4-6-19(15)27/h5-11,15H,3-4H2,1-2H3,(H,26,29)(H,27,28);4-7,10-11,15,27H,1,8-9H2,2-3H3,(H,25,26);3-6,9-12,16H,7-8H2,1-2H3,(H,24,25). The van der Waals surface area contributed by atoms with E-state index in [4.69, 9.17) is 28.5 Å². The fourth-order valence-corrected chi connectivity index (χ4v) is 12.8. The number of rotatable bonds is 10. The van der Waals surface area contributed by atoms with Crippen LogP contribution in [0.1, 0.15) is 125 Å². The Morgan fingerprint density at radius 2 is 1.00 bits per heavy atom. The Morgan fingerprint density at radius 3 is 1.55 bits per heavy atom. The second-order valence-electron chi connectivity index (χ2n) is 24.0. The summed E-state index contributed by atoms with van der Waals surface area (Å²) in [5, 5.41) is 25.7. The number of hydrogen-bond acceptors (Lipinski definition) is 12. The number of nitrogens with one attached hydrogen (secondary N) is 5. The van der Waals surface area contributed by atoms with Gasteiger partial charge in [-0.25, -0.2) is 19.3 Å². The van der Waals surface area contributed by atoms with E-state index in [0.29, 0.717) is 17.8 Å². The molecular formula is C71H61FN14O3. The molecule has 1 aliphatic heterocycles. The lowest BCUT2D eigenvalue weighted by Gasteiger charge is -2.20. The van der Waals surface area contributed by atoms with Gasteiger partial charge in [-0.05, 0) is 175 Å². The molecule has 18 heteroatoms. The van der Waals surface area contributed by atoms with Crippen molar-refractivity contribution in [2.75, 3.05) is 0 Å². The van der Waals surface area contributed by atoms with Crippen molar-refractivity contribution in [3.05, 3.63) is 209 Å². The van der Waals surface area contributed by atoms with Crippen LogP contribution in [0.2, 0.25) is 0 Å². The minimum absolute atomic E-state index is 0.269. The molecule has 5 N–H and O–H groups in total. The molecule has 18 rings (SSSR count). The van der Waals surface area contributed by atoms with E-state index in [0.717, 1.165) is 174 Å². The van der Waals surface area contributed by atoms with Crippen LogP contribution < -0.4 is 5.43 Å². The van der Waals surface area contributed by atoms with Gasteiger partial charge >= 0.3 is 0 Å². The maximum absolute atomic E-state index is 13.5. The Balaban J connectivity index is 0.000000107. The van der Waals surface area contributed by atoms with Crippen molar-refractivity contribution < 1.29 is 18.0 Å². The van der Waals surface area contributed by atoms with Gasteiger partial charge in [-0.1, -0.05) is 64.5 Å². The number of aromatic amines is 4. The average Bonchev–Trinajstić information content (AvgIpc) is 1.81. The number of H-pyrrole nitrogens is 4. The van der Waals surface area contributed by atoms with Gasteiger partial charge in [0.25, 0.3) is 0 Å². The number of hydrogen-bond donors (Lipinski definition) is 5. The van der Waals surface area contributed by atoms with Crippen molar-refractivity contribution in [3.8, 4) is 61.5 Å². The van der Waals surface area contributed by atoms with Gasteiger partial charge in [0, 0.05) is 74.0 Å². The second kappa shape index (κ2) is 21.0. The van der Waals surface area contributed by atoms with Gasteiger partial charge in [-0.3, -0.25) is 10.5 Å². The summed E-state index contributed by atoms with van der Waals surface area (Å²) in [6.45, 7) is 15.8. The van der Waals surface area contributed by atoms with E-state index in [1.165, 1.54) is 61.6 Å². The second-order valence-corrected chi connectivity index (χ2v) is 24.0. The van der Waals surface area contributed by atoms with E-state index < -0.39 is 0 Å². The van der Waals surface area contributed by atoms with Crippen LogP contribution in [0.3, 0.4) is 0 Å². The molecule has 3 fully saturated rings. The Hall–Kier alpha value is -10.8. The molecule has 0 bridgehead atoms. The first-order chi connectivity index (χ1) is 43.4. The lowest BCUT2D eigenvalue weighted by molar-refractivity contribution is 0.393. The summed E-state index contributed by atoms with van der Waals surface area (Å²) in [4.78, 5) is 25.6. The largest absolute Gasteiger partial charge is 0.361 e. The van der Waals surface area contributed by atoms with Crippen molar-refractivity contribution in [1.82, 2.24) is 65.6 Å². The predicted molar refractivity (Wildman–Crippen MR) is 343 cm³/mol. The maximum atomic E-state index is 13.5. The lowest BCUT2D eigenvalue weighted by Crippen LogP contribution is -2.20. The number of halogens is 1. The zero-order chi connectivity index (χ0) is 60.3. The smallest absolute Gasteiger partial charge is 0.141 e. The molecule has 0 atom stereocenters. The molecule has 4 aliphatic rings. The predicted octanol–water partition coefficient (Wildman–Crippen LogP) is 16.6. The van der Waals surface area contributed by atoms with Crippen LogP contribution in [0.15, 0.2) is 153 Å². The lowest BCUT2D eigenvalue weighted by atomic mass is 9.92. The highest BCUT2D eigenvalue weighted by Crippen LogP contribution is 2.46. The molecule has 0 spiro atoms. The SMILES string of the molecule is C=C1NN=C(c2cc(-c3c(C)noc3C)cc3[nH]c(C4CC4)nc23)c2ccccc21.Cc1noc(C)c1-c1cc(-c2cn[nH]c2-c2ccc(F)cc2)c2nc(C3CC3)[nH]c2c1.Cc1noc(C)c1-c1cc(-n2ccc3ccccc32)c2nc(C3CC3)[nH]c2c1. The van der Waals surface area contributed by atoms with Crippen molar-refractivity contribution in [3.63, 3.8) is 0 Å². The highest BCUT2D eigenvalue weighted by atomic mass is 19.1. The Morgan fingerprint density at radius 1 is 0.506 bits per heavy atom. The van der Waals surface area contributed by atoms with Crippen LogP contribution >= 0.6 is 0 Å². The molecule has 440 valence electrons. The highest BCUT2D eigenvalue weighted by molar-refractivity contribution is 6.21. The van der Waals surface area contributed by atoms with E-state index >= 15 is 0 Å². The molecule has 14 aromatic rings. The summed E-state index contributed by atoms with van der Waals surface area (Å²) in [5.74, 6) is 6.94. The molecule has 9 heterocycles. The topological polar surface area (TPSA) is 222 Å². The van der Waals surface area contributed by atoms with Gasteiger partial charge in [-0.2, -0.15) is 10.2 Å². The highest BCUT2D eigenvalue weighted by Gasteiger charge is 2.32. The van der Waals surface area contributed by atoms with E-state index in [2.05, 4.69) is 147 Å². The number of fused-ring (bicyclic) bond motifs is 5. The monoisotopic (exact) mass is 1180 g/mol. The van der Waals surface area contributed by atoms with E-state index in [9.17, 15) is 4.39 Å². The Labute approximate surface area is 509 Å². The summed E-state index contributed by atoms with van der Waals surface area (Å²) in [6.07, 6.45) is 11.1. The van der Waals surface area contributed by atoms with Crippen LogP contribution in [0, 0.1) is 47.4 Å². The molecule has 17 nitrogen and oxygen atoms in total. The van der Waals surface area contributed by atoms with Crippen molar-refractivity contribution in [2.45, 2.75) is 97.8 Å². The number of aromatic nitrogens is 12. The molecule has 0 amide bonds. The summed E-state index contributed by atoms with van der Waals surface area (Å²) in [5.41, 5.74) is 28.4. The van der Waals surface area contributed by atoms with Gasteiger partial charge in [0.15, 0.2) is 0 Å². The van der Waals surface area contributed by atoms with Gasteiger partial charge in [0.2, 0.25) is 0 Å². The number of hydrazone groups is 1. The number of nitrogens with zero attached hydrogens (tertiary/aromatic N) is 9. The zero-order valence-corrected chi connectivity index (χ0v) is 49.9. The fourth-order valence-electron chi connectivity index (χ4n) is 12.8. The average molecular weight is 1180 g/mol. The van der Waals surface area contributed by atoms with Crippen LogP contribution in [0.5, 0.6) is 0 Å². The van der Waals surface area contributed by atoms with Gasteiger partial charge in [0.1, 0.15) is 51.8 Å². The Bertz CT molecular complexity index is 5100. The summed E-state index contributed by atoms with van der Waals surface area (Å²) in [7, 11) is 0. The fraction of sp³-hybridized carbons (Fsp3) is 0.211. The third-order valence-electron chi connectivity index (χ3n) is 17.6. The quantitative estimate of drug-likeness (QED) is 0.0866. The molecular weight excluding hydrogens is 1120 g/mol. The third kappa shape index (κ3) is 9.62. The molecule has 0 unspecified atom stereocenters. The van der Waals surface area contributed by atoms with E-state index in [1.807, 2.05) is 53.7 Å². The summed E-state index contributed by atoms with van der Waals surface area (Å²) in [6, 6.07) is 38.1. The third-order valence-corrected chi connectivity index (χ3v) is 17.6. The molecule has 3 aliphatic carbocycles. The number of benzene rings is 6. The van der Waals surface area contributed by atoms with Gasteiger partial charge < -0.3 is 33.1 Å². The maximum Gasteiger partial charge on any atom is 0.141 e. The van der Waals surface area contributed by atoms with Crippen LogP contribution in [0.25, 0.3) is 111 Å². The number of para-hydroxylation sites is 1. The molecule has 89 heavy (non-hydrogen) atoms. The summed E-state index contributed by atoms with van der Waals surface area (Å²) < 4.78 is 32.0. The molecule has 6 aromatic carbocycles. The first-order valence-corrected chi connectivity index (χ1v) is 30.3. The number of aryl methyl sites for hydroxylation is 6. The van der Waals surface area contributed by atoms with Crippen molar-refractivity contribution >= 4 is 55.4 Å². The van der Waals surface area contributed by atoms with Crippen molar-refractivity contribution in [2.24, 2.45) is 5.10 Å². The molecule has 0 radical (unpaired) electrons. The first-order valence-electron chi connectivity index (χ1n) is 30.3. The number of imidazole rings is 3. The van der Waals surface area contributed by atoms with Crippen LogP contribution in [-0.4, -0.2) is 65.9 Å². The zero-order valence-electron chi connectivity index (χ0n) is 49.9.